The molecule has 5 nitrogen and oxygen atoms in total. The maximum atomic E-state index is 4.32. The number of nitrogens with one attached hydrogen (secondary N) is 1. The van der Waals surface area contributed by atoms with E-state index in [-0.39, 0.29) is 0 Å². The summed E-state index contributed by atoms with van der Waals surface area (Å²) in [4.78, 5) is 10.9. The molecule has 21 heavy (non-hydrogen) atoms. The lowest BCUT2D eigenvalue weighted by molar-refractivity contribution is 0.411. The summed E-state index contributed by atoms with van der Waals surface area (Å²) in [5.74, 6) is 0.857. The quantitative estimate of drug-likeness (QED) is 0.913. The first kappa shape index (κ1) is 14.1. The van der Waals surface area contributed by atoms with Crippen LogP contribution in [0.1, 0.15) is 25.3 Å². The van der Waals surface area contributed by atoms with E-state index >= 15 is 0 Å². The van der Waals surface area contributed by atoms with Crippen LogP contribution in [0.4, 0.5) is 5.95 Å². The van der Waals surface area contributed by atoms with Gasteiger partial charge in [0, 0.05) is 57.0 Å². The van der Waals surface area contributed by atoms with Crippen molar-refractivity contribution in [1.82, 2.24) is 19.9 Å². The van der Waals surface area contributed by atoms with Gasteiger partial charge in [0.15, 0.2) is 0 Å². The number of hydrogen-bond acceptors (Lipinski definition) is 4. The van der Waals surface area contributed by atoms with Gasteiger partial charge >= 0.3 is 0 Å². The summed E-state index contributed by atoms with van der Waals surface area (Å²) >= 11 is 0. The fourth-order valence-corrected chi connectivity index (χ4v) is 2.79. The molecule has 3 heterocycles. The molecule has 3 rings (SSSR count). The number of rotatable bonds is 5. The third kappa shape index (κ3) is 3.61. The van der Waals surface area contributed by atoms with Crippen molar-refractivity contribution >= 4 is 5.95 Å². The minimum atomic E-state index is 0.593. The van der Waals surface area contributed by atoms with E-state index in [4.69, 9.17) is 0 Å². The van der Waals surface area contributed by atoms with E-state index in [9.17, 15) is 0 Å². The Morgan fingerprint density at radius 1 is 1.24 bits per heavy atom. The largest absolute Gasteiger partial charge is 0.354 e. The molecule has 1 fully saturated rings. The summed E-state index contributed by atoms with van der Waals surface area (Å²) in [6.07, 6.45) is 10.3. The summed E-state index contributed by atoms with van der Waals surface area (Å²) in [6, 6.07) is 4.65. The van der Waals surface area contributed by atoms with Crippen molar-refractivity contribution in [3.63, 3.8) is 0 Å². The first-order valence-corrected chi connectivity index (χ1v) is 7.75. The monoisotopic (exact) mass is 285 g/mol. The molecule has 0 radical (unpaired) electrons. The highest BCUT2D eigenvalue weighted by atomic mass is 15.3. The molecular weight excluding hydrogens is 262 g/mol. The van der Waals surface area contributed by atoms with Crippen LogP contribution in [0.5, 0.6) is 0 Å². The van der Waals surface area contributed by atoms with Crippen LogP contribution < -0.4 is 10.2 Å². The molecule has 112 valence electrons. The number of aryl methyl sites for hydroxylation is 1. The van der Waals surface area contributed by atoms with E-state index in [0.29, 0.717) is 6.04 Å². The molecule has 0 spiro atoms. The van der Waals surface area contributed by atoms with Gasteiger partial charge < -0.3 is 14.8 Å². The van der Waals surface area contributed by atoms with Crippen LogP contribution in [0.15, 0.2) is 36.9 Å². The van der Waals surface area contributed by atoms with Crippen LogP contribution in [-0.2, 0) is 13.1 Å². The maximum absolute atomic E-state index is 4.32. The minimum Gasteiger partial charge on any atom is -0.354 e. The summed E-state index contributed by atoms with van der Waals surface area (Å²) in [7, 11) is 0. The van der Waals surface area contributed by atoms with Crippen LogP contribution in [-0.4, -0.2) is 33.7 Å². The van der Waals surface area contributed by atoms with Gasteiger partial charge in [0.25, 0.3) is 0 Å². The van der Waals surface area contributed by atoms with Crippen molar-refractivity contribution in [1.29, 1.82) is 0 Å². The second kappa shape index (κ2) is 6.72. The Morgan fingerprint density at radius 2 is 2.00 bits per heavy atom. The summed E-state index contributed by atoms with van der Waals surface area (Å²) in [6.45, 7) is 6.21. The van der Waals surface area contributed by atoms with Gasteiger partial charge in [-0.25, -0.2) is 9.97 Å². The molecule has 2 aromatic heterocycles. The molecule has 1 aliphatic rings. The zero-order valence-electron chi connectivity index (χ0n) is 12.6. The lowest BCUT2D eigenvalue weighted by Crippen LogP contribution is -2.42. The lowest BCUT2D eigenvalue weighted by Gasteiger charge is -2.32. The topological polar surface area (TPSA) is 46.0 Å². The van der Waals surface area contributed by atoms with Gasteiger partial charge in [-0.15, -0.1) is 0 Å². The molecule has 5 heteroatoms. The van der Waals surface area contributed by atoms with Gasteiger partial charge in [0.05, 0.1) is 0 Å². The summed E-state index contributed by atoms with van der Waals surface area (Å²) in [5.41, 5.74) is 1.37. The lowest BCUT2D eigenvalue weighted by atomic mass is 10.1. The molecule has 0 saturated carbocycles. The predicted molar refractivity (Wildman–Crippen MR) is 84.2 cm³/mol. The zero-order valence-corrected chi connectivity index (χ0v) is 12.6. The SMILES string of the molecule is CCn1ccc(CNC2CCN(c3ncccn3)CC2)c1. The zero-order chi connectivity index (χ0) is 14.5. The van der Waals surface area contributed by atoms with Crippen LogP contribution in [0.2, 0.25) is 0 Å². The minimum absolute atomic E-state index is 0.593. The molecule has 0 atom stereocenters. The smallest absolute Gasteiger partial charge is 0.225 e. The molecule has 2 aromatic rings. The van der Waals surface area contributed by atoms with Crippen LogP contribution in [0.25, 0.3) is 0 Å². The van der Waals surface area contributed by atoms with Crippen LogP contribution in [0, 0.1) is 0 Å². The van der Waals surface area contributed by atoms with Gasteiger partial charge in [-0.3, -0.25) is 0 Å². The Kier molecular flexibility index (Phi) is 4.50. The highest BCUT2D eigenvalue weighted by Gasteiger charge is 2.20. The van der Waals surface area contributed by atoms with Crippen molar-refractivity contribution < 1.29 is 0 Å². The average molecular weight is 285 g/mol. The highest BCUT2D eigenvalue weighted by Crippen LogP contribution is 2.15. The number of anilines is 1. The van der Waals surface area contributed by atoms with E-state index in [1.54, 1.807) is 0 Å². The van der Waals surface area contributed by atoms with Gasteiger partial charge in [0.2, 0.25) is 5.95 Å². The average Bonchev–Trinajstić information content (AvgIpc) is 3.02. The number of piperidine rings is 1. The van der Waals surface area contributed by atoms with E-state index in [1.807, 2.05) is 18.5 Å². The van der Waals surface area contributed by atoms with E-state index < -0.39 is 0 Å². The van der Waals surface area contributed by atoms with Crippen molar-refractivity contribution in [2.45, 2.75) is 38.9 Å². The summed E-state index contributed by atoms with van der Waals surface area (Å²) in [5, 5.41) is 3.67. The van der Waals surface area contributed by atoms with Crippen molar-refractivity contribution in [3.8, 4) is 0 Å². The third-order valence-corrected chi connectivity index (χ3v) is 4.10. The molecule has 1 saturated heterocycles. The Labute approximate surface area is 126 Å². The molecule has 1 N–H and O–H groups in total. The Hall–Kier alpha value is -1.88. The second-order valence-corrected chi connectivity index (χ2v) is 5.54. The maximum Gasteiger partial charge on any atom is 0.225 e. The van der Waals surface area contributed by atoms with E-state index in [2.05, 4.69) is 50.1 Å². The fraction of sp³-hybridized carbons (Fsp3) is 0.500. The Morgan fingerprint density at radius 3 is 2.67 bits per heavy atom. The molecule has 0 aliphatic carbocycles. The first-order chi connectivity index (χ1) is 10.3. The molecule has 0 aromatic carbocycles. The molecule has 0 amide bonds. The van der Waals surface area contributed by atoms with Gasteiger partial charge in [-0.2, -0.15) is 0 Å². The Balaban J connectivity index is 1.45. The summed E-state index contributed by atoms with van der Waals surface area (Å²) < 4.78 is 2.21. The number of hydrogen-bond donors (Lipinski definition) is 1. The van der Waals surface area contributed by atoms with E-state index in [1.165, 1.54) is 5.56 Å². The van der Waals surface area contributed by atoms with Crippen molar-refractivity contribution in [3.05, 3.63) is 42.5 Å². The third-order valence-electron chi connectivity index (χ3n) is 4.10. The molecular formula is C16H23N5. The molecule has 0 unspecified atom stereocenters. The van der Waals surface area contributed by atoms with E-state index in [0.717, 1.165) is 45.0 Å². The van der Waals surface area contributed by atoms with Crippen LogP contribution >= 0.6 is 0 Å². The van der Waals surface area contributed by atoms with Crippen LogP contribution in [0.3, 0.4) is 0 Å². The van der Waals surface area contributed by atoms with Gasteiger partial charge in [-0.05, 0) is 37.5 Å². The van der Waals surface area contributed by atoms with Gasteiger partial charge in [-0.1, -0.05) is 0 Å². The first-order valence-electron chi connectivity index (χ1n) is 7.75. The number of nitrogens with zero attached hydrogens (tertiary/aromatic N) is 4. The van der Waals surface area contributed by atoms with Crippen molar-refractivity contribution in [2.24, 2.45) is 0 Å². The van der Waals surface area contributed by atoms with Crippen molar-refractivity contribution in [2.75, 3.05) is 18.0 Å². The number of aromatic nitrogens is 3. The Bertz CT molecular complexity index is 543. The molecule has 1 aliphatic heterocycles. The predicted octanol–water partition coefficient (Wildman–Crippen LogP) is 2.06. The normalized spacial score (nSPS) is 16.3. The molecule has 0 bridgehead atoms. The standard InChI is InChI=1S/C16H23N5/c1-2-20-9-4-14(13-20)12-19-15-5-10-21(11-6-15)16-17-7-3-8-18-16/h3-4,7-9,13,15,19H,2,5-6,10-12H2,1H3. The second-order valence-electron chi connectivity index (χ2n) is 5.54. The fourth-order valence-electron chi connectivity index (χ4n) is 2.79. The highest BCUT2D eigenvalue weighted by molar-refractivity contribution is 5.29. The van der Waals surface area contributed by atoms with Gasteiger partial charge in [0.1, 0.15) is 0 Å².